The summed E-state index contributed by atoms with van der Waals surface area (Å²) in [5, 5.41) is 4.50. The van der Waals surface area contributed by atoms with Gasteiger partial charge in [-0.3, -0.25) is 4.68 Å². The van der Waals surface area contributed by atoms with Crippen LogP contribution in [0.2, 0.25) is 0 Å². The van der Waals surface area contributed by atoms with Crippen LogP contribution >= 0.6 is 0 Å². The zero-order chi connectivity index (χ0) is 19.2. The van der Waals surface area contributed by atoms with Gasteiger partial charge in [-0.15, -0.1) is 0 Å². The van der Waals surface area contributed by atoms with Crippen LogP contribution in [0.4, 0.5) is 5.82 Å². The summed E-state index contributed by atoms with van der Waals surface area (Å²) in [6.07, 6.45) is 3.44. The Kier molecular flexibility index (Phi) is 6.06. The van der Waals surface area contributed by atoms with Gasteiger partial charge >= 0.3 is 0 Å². The molecule has 0 saturated heterocycles. The highest BCUT2D eigenvalue weighted by atomic mass is 16.5. The quantitative estimate of drug-likeness (QED) is 0.570. The maximum absolute atomic E-state index is 5.88. The van der Waals surface area contributed by atoms with Crippen LogP contribution in [0.5, 0.6) is 5.75 Å². The number of hydrogen-bond acceptors (Lipinski definition) is 5. The van der Waals surface area contributed by atoms with Crippen molar-refractivity contribution in [3.8, 4) is 17.1 Å². The van der Waals surface area contributed by atoms with Gasteiger partial charge < -0.3 is 9.64 Å². The van der Waals surface area contributed by atoms with E-state index < -0.39 is 0 Å². The summed E-state index contributed by atoms with van der Waals surface area (Å²) in [7, 11) is 3.99. The van der Waals surface area contributed by atoms with E-state index in [4.69, 9.17) is 4.74 Å². The predicted octanol–water partition coefficient (Wildman–Crippen LogP) is 3.65. The standard InChI is InChI=1S/C21H27N5O/c1-5-17-13-19(26(4)24-17)18-14-21(23-15-22-18)25(3)11-8-12-27-20-10-7-6-9-16(20)2/h6-7,9-10,13-15H,5,8,11-12H2,1-4H3. The Hall–Kier alpha value is -2.89. The molecule has 3 aromatic rings. The largest absolute Gasteiger partial charge is 0.493 e. The van der Waals surface area contributed by atoms with Crippen LogP contribution < -0.4 is 9.64 Å². The van der Waals surface area contributed by atoms with E-state index in [-0.39, 0.29) is 0 Å². The molecule has 6 heteroatoms. The fraction of sp³-hybridized carbons (Fsp3) is 0.381. The molecule has 2 heterocycles. The van der Waals surface area contributed by atoms with Gasteiger partial charge in [-0.2, -0.15) is 5.10 Å². The third kappa shape index (κ3) is 4.64. The normalized spacial score (nSPS) is 10.8. The topological polar surface area (TPSA) is 56.1 Å². The van der Waals surface area contributed by atoms with Crippen molar-refractivity contribution in [1.29, 1.82) is 0 Å². The third-order valence-electron chi connectivity index (χ3n) is 4.59. The van der Waals surface area contributed by atoms with Crippen molar-refractivity contribution < 1.29 is 4.74 Å². The minimum absolute atomic E-state index is 0.675. The Balaban J connectivity index is 1.59. The number of nitrogens with zero attached hydrogens (tertiary/aromatic N) is 5. The summed E-state index contributed by atoms with van der Waals surface area (Å²) in [6.45, 7) is 5.69. The van der Waals surface area contributed by atoms with Crippen LogP contribution in [0.25, 0.3) is 11.4 Å². The Bertz CT molecular complexity index is 890. The highest BCUT2D eigenvalue weighted by Gasteiger charge is 2.11. The predicted molar refractivity (Wildman–Crippen MR) is 108 cm³/mol. The second-order valence-electron chi connectivity index (χ2n) is 6.65. The van der Waals surface area contributed by atoms with Crippen molar-refractivity contribution in [2.45, 2.75) is 26.7 Å². The van der Waals surface area contributed by atoms with Gasteiger partial charge in [0.2, 0.25) is 0 Å². The summed E-state index contributed by atoms with van der Waals surface area (Å²) < 4.78 is 7.75. The van der Waals surface area contributed by atoms with Gasteiger partial charge in [0.25, 0.3) is 0 Å². The van der Waals surface area contributed by atoms with Crippen LogP contribution in [0.15, 0.2) is 42.7 Å². The van der Waals surface area contributed by atoms with E-state index in [0.717, 1.165) is 53.6 Å². The first-order valence-corrected chi connectivity index (χ1v) is 9.33. The summed E-state index contributed by atoms with van der Waals surface area (Å²) >= 11 is 0. The summed E-state index contributed by atoms with van der Waals surface area (Å²) in [6, 6.07) is 12.2. The van der Waals surface area contributed by atoms with Crippen molar-refractivity contribution in [1.82, 2.24) is 19.7 Å². The number of aryl methyl sites for hydroxylation is 3. The van der Waals surface area contributed by atoms with Gasteiger partial charge in [0.15, 0.2) is 0 Å². The monoisotopic (exact) mass is 365 g/mol. The molecule has 0 bridgehead atoms. The number of rotatable bonds is 8. The lowest BCUT2D eigenvalue weighted by molar-refractivity contribution is 0.310. The van der Waals surface area contributed by atoms with E-state index in [1.54, 1.807) is 6.33 Å². The summed E-state index contributed by atoms with van der Waals surface area (Å²) in [5.74, 6) is 1.85. The van der Waals surface area contributed by atoms with E-state index in [9.17, 15) is 0 Å². The number of benzene rings is 1. The van der Waals surface area contributed by atoms with Crippen LogP contribution in [0.3, 0.4) is 0 Å². The molecule has 0 aliphatic carbocycles. The van der Waals surface area contributed by atoms with Gasteiger partial charge in [-0.05, 0) is 37.5 Å². The number of hydrogen-bond donors (Lipinski definition) is 0. The zero-order valence-corrected chi connectivity index (χ0v) is 16.5. The third-order valence-corrected chi connectivity index (χ3v) is 4.59. The fourth-order valence-corrected chi connectivity index (χ4v) is 2.95. The maximum atomic E-state index is 5.88. The van der Waals surface area contributed by atoms with Gasteiger partial charge in [0.05, 0.1) is 23.7 Å². The van der Waals surface area contributed by atoms with Crippen molar-refractivity contribution in [2.75, 3.05) is 25.1 Å². The molecule has 0 aliphatic rings. The molecule has 0 saturated carbocycles. The SMILES string of the molecule is CCc1cc(-c2cc(N(C)CCCOc3ccccc3C)ncn2)n(C)n1. The molecule has 0 N–H and O–H groups in total. The van der Waals surface area contributed by atoms with Gasteiger partial charge in [-0.1, -0.05) is 25.1 Å². The van der Waals surface area contributed by atoms with Crippen LogP contribution in [0.1, 0.15) is 24.6 Å². The lowest BCUT2D eigenvalue weighted by Crippen LogP contribution is -2.21. The Labute approximate surface area is 160 Å². The molecule has 3 rings (SSSR count). The van der Waals surface area contributed by atoms with Crippen LogP contribution in [-0.4, -0.2) is 39.9 Å². The van der Waals surface area contributed by atoms with E-state index in [1.807, 2.05) is 43.0 Å². The number of para-hydroxylation sites is 1. The summed E-state index contributed by atoms with van der Waals surface area (Å²) in [5.41, 5.74) is 4.12. The van der Waals surface area contributed by atoms with Crippen molar-refractivity contribution in [3.05, 3.63) is 54.0 Å². The Morgan fingerprint density at radius 1 is 1.15 bits per heavy atom. The first kappa shape index (κ1) is 18.9. The minimum Gasteiger partial charge on any atom is -0.493 e. The molecule has 142 valence electrons. The van der Waals surface area contributed by atoms with E-state index in [2.05, 4.69) is 45.9 Å². The molecule has 0 radical (unpaired) electrons. The number of aromatic nitrogens is 4. The van der Waals surface area contributed by atoms with E-state index in [0.29, 0.717) is 6.61 Å². The molecule has 6 nitrogen and oxygen atoms in total. The molecule has 0 aliphatic heterocycles. The first-order chi connectivity index (χ1) is 13.1. The van der Waals surface area contributed by atoms with Crippen LogP contribution in [-0.2, 0) is 13.5 Å². The molecule has 0 unspecified atom stereocenters. The molecule has 1 aromatic carbocycles. The highest BCUT2D eigenvalue weighted by molar-refractivity contribution is 5.59. The van der Waals surface area contributed by atoms with Gasteiger partial charge in [0, 0.05) is 26.7 Å². The van der Waals surface area contributed by atoms with Crippen molar-refractivity contribution >= 4 is 5.82 Å². The molecular formula is C21H27N5O. The minimum atomic E-state index is 0.675. The second-order valence-corrected chi connectivity index (χ2v) is 6.65. The molecule has 0 spiro atoms. The zero-order valence-electron chi connectivity index (χ0n) is 16.5. The number of ether oxygens (including phenoxy) is 1. The van der Waals surface area contributed by atoms with Gasteiger partial charge in [-0.25, -0.2) is 9.97 Å². The smallest absolute Gasteiger partial charge is 0.132 e. The van der Waals surface area contributed by atoms with E-state index >= 15 is 0 Å². The molecule has 2 aromatic heterocycles. The molecule has 0 fully saturated rings. The molecular weight excluding hydrogens is 338 g/mol. The summed E-state index contributed by atoms with van der Waals surface area (Å²) in [4.78, 5) is 11.0. The molecule has 0 atom stereocenters. The average molecular weight is 365 g/mol. The van der Waals surface area contributed by atoms with Crippen LogP contribution in [0, 0.1) is 6.92 Å². The Morgan fingerprint density at radius 3 is 2.70 bits per heavy atom. The fourth-order valence-electron chi connectivity index (χ4n) is 2.95. The molecule has 0 amide bonds. The highest BCUT2D eigenvalue weighted by Crippen LogP contribution is 2.21. The second kappa shape index (κ2) is 8.66. The lowest BCUT2D eigenvalue weighted by atomic mass is 10.2. The van der Waals surface area contributed by atoms with Gasteiger partial charge in [0.1, 0.15) is 17.9 Å². The number of anilines is 1. The van der Waals surface area contributed by atoms with Crippen molar-refractivity contribution in [2.24, 2.45) is 7.05 Å². The maximum Gasteiger partial charge on any atom is 0.132 e. The Morgan fingerprint density at radius 2 is 1.96 bits per heavy atom. The first-order valence-electron chi connectivity index (χ1n) is 9.33. The van der Waals surface area contributed by atoms with E-state index in [1.165, 1.54) is 0 Å². The average Bonchev–Trinajstić information content (AvgIpc) is 3.07. The molecule has 27 heavy (non-hydrogen) atoms. The van der Waals surface area contributed by atoms with Crippen molar-refractivity contribution in [3.63, 3.8) is 0 Å². The lowest BCUT2D eigenvalue weighted by Gasteiger charge is -2.18.